The lowest BCUT2D eigenvalue weighted by Crippen LogP contribution is -2.18. The molecule has 1 heterocycles. The highest BCUT2D eigenvalue weighted by Crippen LogP contribution is 2.15. The molecule has 0 unspecified atom stereocenters. The quantitative estimate of drug-likeness (QED) is 0.393. The number of nitrogens with two attached hydrogens (primary N) is 4. The van der Waals surface area contributed by atoms with Crippen molar-refractivity contribution in [2.75, 3.05) is 17.2 Å². The zero-order chi connectivity index (χ0) is 9.30. The van der Waals surface area contributed by atoms with Crippen LogP contribution in [0, 0.1) is 0 Å². The Morgan fingerprint density at radius 2 is 1.75 bits per heavy atom. The maximum Gasteiger partial charge on any atom is 0.269 e. The minimum absolute atomic E-state index is 0.0447. The van der Waals surface area contributed by atoms with Crippen LogP contribution in [0.5, 0.6) is 0 Å². The van der Waals surface area contributed by atoms with Crippen LogP contribution in [0.25, 0.3) is 0 Å². The molecular weight excluding hydrogens is 160 g/mol. The molecule has 0 spiro atoms. The van der Waals surface area contributed by atoms with Crippen LogP contribution < -0.4 is 22.9 Å². The van der Waals surface area contributed by atoms with Crippen LogP contribution in [0.4, 0.5) is 17.5 Å². The number of nitrogens with zero attached hydrogens (tertiary/aromatic N) is 2. The average Bonchev–Trinajstić information content (AvgIpc) is 1.96. The minimum Gasteiger partial charge on any atom is -0.394 e. The molecular formula is C5H8N6O. The van der Waals surface area contributed by atoms with Crippen LogP contribution in [0.3, 0.4) is 0 Å². The number of amides is 1. The monoisotopic (exact) mass is 168 g/mol. The molecule has 1 aromatic heterocycles. The molecule has 0 saturated heterocycles. The first-order valence-electron chi connectivity index (χ1n) is 3.00. The summed E-state index contributed by atoms with van der Waals surface area (Å²) in [7, 11) is 0. The van der Waals surface area contributed by atoms with Crippen LogP contribution in [0.2, 0.25) is 0 Å². The molecule has 0 bridgehead atoms. The molecule has 0 atom stereocenters. The first-order chi connectivity index (χ1) is 5.52. The Labute approximate surface area is 67.8 Å². The topological polar surface area (TPSA) is 147 Å². The molecule has 12 heavy (non-hydrogen) atoms. The van der Waals surface area contributed by atoms with Crippen LogP contribution in [-0.4, -0.2) is 15.9 Å². The van der Waals surface area contributed by atoms with Crippen molar-refractivity contribution in [2.45, 2.75) is 0 Å². The lowest BCUT2D eigenvalue weighted by Gasteiger charge is -2.03. The van der Waals surface area contributed by atoms with Gasteiger partial charge in [0.2, 0.25) is 5.95 Å². The van der Waals surface area contributed by atoms with Crippen molar-refractivity contribution in [1.82, 2.24) is 9.97 Å². The van der Waals surface area contributed by atoms with E-state index in [0.29, 0.717) is 0 Å². The molecule has 0 aliphatic heterocycles. The van der Waals surface area contributed by atoms with Crippen LogP contribution in [-0.2, 0) is 0 Å². The first kappa shape index (κ1) is 8.05. The lowest BCUT2D eigenvalue weighted by atomic mass is 10.3. The summed E-state index contributed by atoms with van der Waals surface area (Å²) in [5.74, 6) is -0.958. The van der Waals surface area contributed by atoms with Gasteiger partial charge in [0, 0.05) is 0 Å². The van der Waals surface area contributed by atoms with Crippen molar-refractivity contribution in [3.05, 3.63) is 5.69 Å². The second-order valence-electron chi connectivity index (χ2n) is 2.09. The molecule has 8 N–H and O–H groups in total. The van der Waals surface area contributed by atoms with Crippen molar-refractivity contribution < 1.29 is 4.79 Å². The maximum atomic E-state index is 10.7. The molecule has 0 aliphatic rings. The molecule has 64 valence electrons. The molecule has 1 rings (SSSR count). The van der Waals surface area contributed by atoms with Crippen molar-refractivity contribution in [3.8, 4) is 0 Å². The summed E-state index contributed by atoms with van der Waals surface area (Å²) in [5.41, 5.74) is 20.6. The highest BCUT2D eigenvalue weighted by molar-refractivity contribution is 5.98. The van der Waals surface area contributed by atoms with Gasteiger partial charge in [0.25, 0.3) is 5.91 Å². The second kappa shape index (κ2) is 2.53. The van der Waals surface area contributed by atoms with Gasteiger partial charge in [-0.05, 0) is 0 Å². The number of nitrogen functional groups attached to an aromatic ring is 3. The Balaban J connectivity index is 3.37. The van der Waals surface area contributed by atoms with Crippen molar-refractivity contribution in [3.63, 3.8) is 0 Å². The van der Waals surface area contributed by atoms with Crippen molar-refractivity contribution in [1.29, 1.82) is 0 Å². The van der Waals surface area contributed by atoms with Crippen molar-refractivity contribution in [2.24, 2.45) is 5.73 Å². The van der Waals surface area contributed by atoms with Gasteiger partial charge in [0.05, 0.1) is 0 Å². The lowest BCUT2D eigenvalue weighted by molar-refractivity contribution is 0.0996. The first-order valence-corrected chi connectivity index (χ1v) is 3.00. The van der Waals surface area contributed by atoms with Gasteiger partial charge in [-0.2, -0.15) is 4.98 Å². The number of hydrogen-bond acceptors (Lipinski definition) is 6. The summed E-state index contributed by atoms with van der Waals surface area (Å²) in [4.78, 5) is 17.7. The van der Waals surface area contributed by atoms with E-state index in [2.05, 4.69) is 9.97 Å². The van der Waals surface area contributed by atoms with E-state index in [1.807, 2.05) is 0 Å². The fourth-order valence-electron chi connectivity index (χ4n) is 0.693. The average molecular weight is 168 g/mol. The number of anilines is 3. The van der Waals surface area contributed by atoms with E-state index in [-0.39, 0.29) is 23.1 Å². The predicted molar refractivity (Wildman–Crippen MR) is 43.8 cm³/mol. The Hall–Kier alpha value is -2.05. The van der Waals surface area contributed by atoms with Crippen molar-refractivity contribution >= 4 is 23.4 Å². The summed E-state index contributed by atoms with van der Waals surface area (Å²) in [6.45, 7) is 0. The number of carbonyl (C=O) groups excluding carboxylic acids is 1. The zero-order valence-electron chi connectivity index (χ0n) is 6.11. The molecule has 0 aromatic carbocycles. The van der Waals surface area contributed by atoms with E-state index in [4.69, 9.17) is 22.9 Å². The largest absolute Gasteiger partial charge is 0.394 e. The third-order valence-corrected chi connectivity index (χ3v) is 1.23. The number of aromatic nitrogens is 2. The normalized spacial score (nSPS) is 9.67. The van der Waals surface area contributed by atoms with Gasteiger partial charge in [-0.25, -0.2) is 4.98 Å². The number of carbonyl (C=O) groups is 1. The molecule has 7 heteroatoms. The van der Waals surface area contributed by atoms with Crippen LogP contribution >= 0.6 is 0 Å². The third-order valence-electron chi connectivity index (χ3n) is 1.23. The van der Waals surface area contributed by atoms with Gasteiger partial charge >= 0.3 is 0 Å². The Kier molecular flexibility index (Phi) is 1.70. The zero-order valence-corrected chi connectivity index (χ0v) is 6.11. The maximum absolute atomic E-state index is 10.7. The highest BCUT2D eigenvalue weighted by Gasteiger charge is 2.12. The summed E-state index contributed by atoms with van der Waals surface area (Å²) in [6.07, 6.45) is 0. The van der Waals surface area contributed by atoms with E-state index >= 15 is 0 Å². The van der Waals surface area contributed by atoms with E-state index in [9.17, 15) is 4.79 Å². The smallest absolute Gasteiger partial charge is 0.269 e. The van der Waals surface area contributed by atoms with Crippen LogP contribution in [0.15, 0.2) is 0 Å². The van der Waals surface area contributed by atoms with E-state index in [0.717, 1.165) is 0 Å². The number of primary amides is 1. The van der Waals surface area contributed by atoms with Crippen LogP contribution in [0.1, 0.15) is 10.5 Å². The molecule has 0 saturated carbocycles. The van der Waals surface area contributed by atoms with Gasteiger partial charge in [0.15, 0.2) is 11.5 Å². The second-order valence-corrected chi connectivity index (χ2v) is 2.09. The number of rotatable bonds is 1. The standard InChI is InChI=1S/C5H8N6O/c6-1-2(4(8)12)10-5(9)11-3(1)7/h6H2,(H2,8,12)(H4,7,9,10,11). The van der Waals surface area contributed by atoms with E-state index < -0.39 is 5.91 Å². The highest BCUT2D eigenvalue weighted by atomic mass is 16.1. The number of hydrogen-bond donors (Lipinski definition) is 4. The predicted octanol–water partition coefficient (Wildman–Crippen LogP) is -1.68. The third kappa shape index (κ3) is 1.19. The van der Waals surface area contributed by atoms with Gasteiger partial charge in [-0.15, -0.1) is 0 Å². The Morgan fingerprint density at radius 1 is 1.17 bits per heavy atom. The molecule has 0 radical (unpaired) electrons. The van der Waals surface area contributed by atoms with E-state index in [1.165, 1.54) is 0 Å². The fourth-order valence-corrected chi connectivity index (χ4v) is 0.693. The van der Waals surface area contributed by atoms with Gasteiger partial charge in [-0.3, -0.25) is 4.79 Å². The summed E-state index contributed by atoms with van der Waals surface area (Å²) >= 11 is 0. The summed E-state index contributed by atoms with van der Waals surface area (Å²) in [5, 5.41) is 0. The molecule has 1 amide bonds. The molecule has 1 aromatic rings. The Bertz CT molecular complexity index is 335. The molecule has 0 aliphatic carbocycles. The molecule has 7 nitrogen and oxygen atoms in total. The SMILES string of the molecule is NC(=O)c1nc(N)nc(N)c1N. The Morgan fingerprint density at radius 3 is 2.25 bits per heavy atom. The van der Waals surface area contributed by atoms with E-state index in [1.54, 1.807) is 0 Å². The fraction of sp³-hybridized carbons (Fsp3) is 0. The van der Waals surface area contributed by atoms with Gasteiger partial charge in [-0.1, -0.05) is 0 Å². The van der Waals surface area contributed by atoms with Gasteiger partial charge < -0.3 is 22.9 Å². The molecule has 0 fully saturated rings. The summed E-state index contributed by atoms with van der Waals surface area (Å²) in [6, 6.07) is 0. The summed E-state index contributed by atoms with van der Waals surface area (Å²) < 4.78 is 0. The minimum atomic E-state index is -0.784. The van der Waals surface area contributed by atoms with Gasteiger partial charge in [0.1, 0.15) is 5.69 Å².